The number of urea groups is 1. The van der Waals surface area contributed by atoms with Crippen molar-refractivity contribution in [3.05, 3.63) is 60.2 Å². The average Bonchev–Trinajstić information content (AvgIpc) is 2.96. The van der Waals surface area contributed by atoms with Crippen molar-refractivity contribution in [1.29, 1.82) is 0 Å². The number of anilines is 2. The number of rotatable bonds is 3. The molecule has 2 aliphatic rings. The van der Waals surface area contributed by atoms with Crippen LogP contribution in [0.25, 0.3) is 0 Å². The number of fused-ring (bicyclic) bond motifs is 1. The van der Waals surface area contributed by atoms with Crippen molar-refractivity contribution in [3.63, 3.8) is 0 Å². The second-order valence-corrected chi connectivity index (χ2v) is 6.46. The molecule has 2 aromatic carbocycles. The summed E-state index contributed by atoms with van der Waals surface area (Å²) in [5, 5.41) is 0. The molecule has 132 valence electrons. The number of imide groups is 1. The predicted octanol–water partition coefficient (Wildman–Crippen LogP) is 2.43. The Bertz CT molecular complexity index is 866. The quantitative estimate of drug-likeness (QED) is 0.800. The van der Waals surface area contributed by atoms with Crippen LogP contribution in [0.1, 0.15) is 12.0 Å². The van der Waals surface area contributed by atoms with E-state index in [1.165, 1.54) is 4.90 Å². The lowest BCUT2D eigenvalue weighted by atomic mass is 10.0. The van der Waals surface area contributed by atoms with E-state index in [0.717, 1.165) is 29.0 Å². The third-order valence-corrected chi connectivity index (χ3v) is 4.83. The minimum absolute atomic E-state index is 0.0350. The van der Waals surface area contributed by atoms with E-state index in [9.17, 15) is 14.4 Å². The maximum Gasteiger partial charge on any atom is 0.332 e. The minimum Gasteiger partial charge on any atom is -0.311 e. The summed E-state index contributed by atoms with van der Waals surface area (Å²) >= 11 is 0. The van der Waals surface area contributed by atoms with Crippen LogP contribution in [0.15, 0.2) is 54.6 Å². The Labute approximate surface area is 151 Å². The van der Waals surface area contributed by atoms with Crippen LogP contribution in [0.3, 0.4) is 0 Å². The van der Waals surface area contributed by atoms with E-state index in [1.807, 2.05) is 42.5 Å². The van der Waals surface area contributed by atoms with Gasteiger partial charge in [-0.3, -0.25) is 19.4 Å². The highest BCUT2D eigenvalue weighted by Crippen LogP contribution is 2.27. The molecule has 1 fully saturated rings. The normalized spacial score (nSPS) is 16.8. The minimum atomic E-state index is -0.445. The van der Waals surface area contributed by atoms with Gasteiger partial charge in [0.05, 0.1) is 0 Å². The summed E-state index contributed by atoms with van der Waals surface area (Å²) in [5.41, 5.74) is 2.66. The van der Waals surface area contributed by atoms with Gasteiger partial charge in [0.15, 0.2) is 0 Å². The summed E-state index contributed by atoms with van der Waals surface area (Å²) in [7, 11) is 0. The first-order chi connectivity index (χ1) is 12.6. The Morgan fingerprint density at radius 2 is 1.69 bits per heavy atom. The lowest BCUT2D eigenvalue weighted by Crippen LogP contribution is -2.45. The maximum atomic E-state index is 12.8. The molecule has 2 aromatic rings. The first-order valence-electron chi connectivity index (χ1n) is 8.70. The first-order valence-corrected chi connectivity index (χ1v) is 8.70. The number of para-hydroxylation sites is 2. The van der Waals surface area contributed by atoms with Gasteiger partial charge in [0.25, 0.3) is 5.91 Å². The van der Waals surface area contributed by atoms with Crippen LogP contribution in [0.4, 0.5) is 16.2 Å². The molecule has 0 radical (unpaired) electrons. The zero-order valence-corrected chi connectivity index (χ0v) is 14.3. The number of aryl methyl sites for hydroxylation is 1. The largest absolute Gasteiger partial charge is 0.332 e. The number of amides is 4. The van der Waals surface area contributed by atoms with Gasteiger partial charge < -0.3 is 4.90 Å². The standard InChI is InChI=1S/C20H19N3O3/c24-18(21-12-6-8-15-7-4-5-11-17(15)21)14-23-19(25)13-22(20(23)26)16-9-2-1-3-10-16/h1-5,7,9-11H,6,8,12-14H2. The molecule has 0 aromatic heterocycles. The van der Waals surface area contributed by atoms with E-state index < -0.39 is 6.03 Å². The molecule has 0 N–H and O–H groups in total. The van der Waals surface area contributed by atoms with Gasteiger partial charge in [-0.1, -0.05) is 36.4 Å². The molecule has 26 heavy (non-hydrogen) atoms. The van der Waals surface area contributed by atoms with Crippen LogP contribution >= 0.6 is 0 Å². The summed E-state index contributed by atoms with van der Waals surface area (Å²) in [6.45, 7) is 0.344. The summed E-state index contributed by atoms with van der Waals surface area (Å²) in [6, 6.07) is 16.4. The Morgan fingerprint density at radius 1 is 0.962 bits per heavy atom. The van der Waals surface area contributed by atoms with Crippen LogP contribution < -0.4 is 9.80 Å². The third-order valence-electron chi connectivity index (χ3n) is 4.83. The van der Waals surface area contributed by atoms with Gasteiger partial charge in [-0.05, 0) is 36.6 Å². The van der Waals surface area contributed by atoms with Crippen LogP contribution in [0.2, 0.25) is 0 Å². The molecule has 4 rings (SSSR count). The fraction of sp³-hybridized carbons (Fsp3) is 0.250. The van der Waals surface area contributed by atoms with E-state index in [-0.39, 0.29) is 24.9 Å². The van der Waals surface area contributed by atoms with Gasteiger partial charge >= 0.3 is 6.03 Å². The number of hydrogen-bond donors (Lipinski definition) is 0. The second-order valence-electron chi connectivity index (χ2n) is 6.46. The van der Waals surface area contributed by atoms with E-state index >= 15 is 0 Å². The molecule has 2 aliphatic heterocycles. The van der Waals surface area contributed by atoms with Crippen LogP contribution in [-0.4, -0.2) is 42.4 Å². The number of benzene rings is 2. The van der Waals surface area contributed by atoms with E-state index in [2.05, 4.69) is 0 Å². The molecule has 6 heteroatoms. The summed E-state index contributed by atoms with van der Waals surface area (Å²) < 4.78 is 0. The molecule has 2 heterocycles. The van der Waals surface area contributed by atoms with Crippen molar-refractivity contribution in [1.82, 2.24) is 4.90 Å². The summed E-state index contributed by atoms with van der Waals surface area (Å²) in [6.07, 6.45) is 1.81. The molecule has 0 bridgehead atoms. The van der Waals surface area contributed by atoms with Crippen LogP contribution in [0.5, 0.6) is 0 Å². The smallest absolute Gasteiger partial charge is 0.311 e. The first kappa shape index (κ1) is 16.3. The fourth-order valence-electron chi connectivity index (χ4n) is 3.52. The van der Waals surface area contributed by atoms with Gasteiger partial charge in [0.2, 0.25) is 5.91 Å². The Morgan fingerprint density at radius 3 is 2.50 bits per heavy atom. The van der Waals surface area contributed by atoms with Crippen molar-refractivity contribution in [2.75, 3.05) is 29.4 Å². The van der Waals surface area contributed by atoms with Crippen molar-refractivity contribution < 1.29 is 14.4 Å². The highest BCUT2D eigenvalue weighted by Gasteiger charge is 2.39. The Hall–Kier alpha value is -3.15. The monoisotopic (exact) mass is 349 g/mol. The highest BCUT2D eigenvalue weighted by atomic mass is 16.2. The van der Waals surface area contributed by atoms with Crippen molar-refractivity contribution in [3.8, 4) is 0 Å². The molecule has 0 saturated carbocycles. The van der Waals surface area contributed by atoms with Gasteiger partial charge in [-0.25, -0.2) is 4.79 Å². The Balaban J connectivity index is 1.52. The van der Waals surface area contributed by atoms with Crippen molar-refractivity contribution >= 4 is 29.2 Å². The van der Waals surface area contributed by atoms with Gasteiger partial charge in [-0.15, -0.1) is 0 Å². The van der Waals surface area contributed by atoms with Crippen LogP contribution in [0, 0.1) is 0 Å². The van der Waals surface area contributed by atoms with Gasteiger partial charge in [0.1, 0.15) is 13.1 Å². The molecule has 0 atom stereocenters. The molecular weight excluding hydrogens is 330 g/mol. The topological polar surface area (TPSA) is 60.9 Å². The Kier molecular flexibility index (Phi) is 4.16. The third kappa shape index (κ3) is 2.83. The average molecular weight is 349 g/mol. The molecular formula is C20H19N3O3. The predicted molar refractivity (Wildman–Crippen MR) is 98.0 cm³/mol. The summed E-state index contributed by atoms with van der Waals surface area (Å²) in [5.74, 6) is -0.578. The van der Waals surface area contributed by atoms with E-state index in [4.69, 9.17) is 0 Å². The second kappa shape index (κ2) is 6.63. The number of nitrogens with zero attached hydrogens (tertiary/aromatic N) is 3. The van der Waals surface area contributed by atoms with E-state index in [0.29, 0.717) is 12.2 Å². The number of carbonyl (C=O) groups is 3. The zero-order valence-electron chi connectivity index (χ0n) is 14.3. The maximum absolute atomic E-state index is 12.8. The molecule has 4 amide bonds. The van der Waals surface area contributed by atoms with E-state index in [1.54, 1.807) is 17.0 Å². The highest BCUT2D eigenvalue weighted by molar-refractivity contribution is 6.14. The molecule has 1 saturated heterocycles. The summed E-state index contributed by atoms with van der Waals surface area (Å²) in [4.78, 5) is 41.9. The van der Waals surface area contributed by atoms with Gasteiger partial charge in [0, 0.05) is 17.9 Å². The van der Waals surface area contributed by atoms with Crippen LogP contribution in [-0.2, 0) is 16.0 Å². The molecule has 0 unspecified atom stereocenters. The van der Waals surface area contributed by atoms with Crippen molar-refractivity contribution in [2.24, 2.45) is 0 Å². The fourth-order valence-corrected chi connectivity index (χ4v) is 3.52. The SMILES string of the molecule is O=C1CN(c2ccccc2)C(=O)N1CC(=O)N1CCCc2ccccc21. The lowest BCUT2D eigenvalue weighted by Gasteiger charge is -2.30. The van der Waals surface area contributed by atoms with Crippen molar-refractivity contribution in [2.45, 2.75) is 12.8 Å². The number of hydrogen-bond acceptors (Lipinski definition) is 3. The number of carbonyl (C=O) groups excluding carboxylic acids is 3. The molecule has 0 spiro atoms. The lowest BCUT2D eigenvalue weighted by molar-refractivity contribution is -0.129. The van der Waals surface area contributed by atoms with Gasteiger partial charge in [-0.2, -0.15) is 0 Å². The molecule has 6 nitrogen and oxygen atoms in total. The molecule has 0 aliphatic carbocycles. The zero-order chi connectivity index (χ0) is 18.1.